The SMILES string of the molecule is COc1cccc(N2CCN(c3ncc4c(n3)CC(/C=C/c3ccccc3)CC4=O)CC2)c1. The maximum Gasteiger partial charge on any atom is 0.225 e. The van der Waals surface area contributed by atoms with Crippen molar-refractivity contribution in [3.8, 4) is 5.75 Å². The van der Waals surface area contributed by atoms with E-state index in [1.807, 2.05) is 30.3 Å². The maximum atomic E-state index is 12.7. The minimum absolute atomic E-state index is 0.133. The van der Waals surface area contributed by atoms with Crippen LogP contribution in [0.4, 0.5) is 11.6 Å². The number of ether oxygens (including phenoxy) is 1. The van der Waals surface area contributed by atoms with Crippen LogP contribution in [0.3, 0.4) is 0 Å². The molecule has 33 heavy (non-hydrogen) atoms. The van der Waals surface area contributed by atoms with Gasteiger partial charge in [-0.25, -0.2) is 9.97 Å². The molecule has 0 bridgehead atoms. The van der Waals surface area contributed by atoms with E-state index in [0.717, 1.165) is 55.6 Å². The van der Waals surface area contributed by atoms with Crippen LogP contribution >= 0.6 is 0 Å². The van der Waals surface area contributed by atoms with Gasteiger partial charge in [0.2, 0.25) is 5.95 Å². The number of methoxy groups -OCH3 is 1. The number of hydrogen-bond donors (Lipinski definition) is 0. The van der Waals surface area contributed by atoms with Gasteiger partial charge in [-0.2, -0.15) is 0 Å². The highest BCUT2D eigenvalue weighted by Crippen LogP contribution is 2.28. The number of rotatable bonds is 5. The van der Waals surface area contributed by atoms with Gasteiger partial charge >= 0.3 is 0 Å². The number of aromatic nitrogens is 2. The highest BCUT2D eigenvalue weighted by molar-refractivity contribution is 5.98. The van der Waals surface area contributed by atoms with Gasteiger partial charge in [0.05, 0.1) is 18.4 Å². The number of allylic oxidation sites excluding steroid dienone is 1. The minimum atomic E-state index is 0.133. The topological polar surface area (TPSA) is 58.6 Å². The normalized spacial score (nSPS) is 18.5. The molecule has 1 fully saturated rings. The first-order valence-electron chi connectivity index (χ1n) is 11.5. The van der Waals surface area contributed by atoms with Gasteiger partial charge in [-0.15, -0.1) is 0 Å². The average Bonchev–Trinajstić information content (AvgIpc) is 2.88. The summed E-state index contributed by atoms with van der Waals surface area (Å²) in [5, 5.41) is 0. The first-order chi connectivity index (χ1) is 16.2. The number of ketones is 1. The fourth-order valence-electron chi connectivity index (χ4n) is 4.54. The summed E-state index contributed by atoms with van der Waals surface area (Å²) in [6, 6.07) is 18.4. The predicted molar refractivity (Wildman–Crippen MR) is 131 cm³/mol. The standard InChI is InChI=1S/C27H28N4O2/c1-33-23-9-5-8-22(18-23)30-12-14-31(15-13-30)27-28-19-24-25(29-27)16-21(17-26(24)32)11-10-20-6-3-2-4-7-20/h2-11,18-19,21H,12-17H2,1H3/b11-10+. The van der Waals surface area contributed by atoms with Crippen molar-refractivity contribution in [2.75, 3.05) is 43.1 Å². The van der Waals surface area contributed by atoms with E-state index in [9.17, 15) is 4.79 Å². The van der Waals surface area contributed by atoms with Crippen molar-refractivity contribution in [2.24, 2.45) is 5.92 Å². The monoisotopic (exact) mass is 440 g/mol. The van der Waals surface area contributed by atoms with Gasteiger partial charge in [0.25, 0.3) is 0 Å². The van der Waals surface area contributed by atoms with E-state index < -0.39 is 0 Å². The Balaban J connectivity index is 1.27. The molecule has 2 aromatic carbocycles. The molecule has 0 amide bonds. The van der Waals surface area contributed by atoms with E-state index in [2.05, 4.69) is 51.2 Å². The predicted octanol–water partition coefficient (Wildman–Crippen LogP) is 4.27. The highest BCUT2D eigenvalue weighted by Gasteiger charge is 2.27. The fourth-order valence-corrected chi connectivity index (χ4v) is 4.54. The number of hydrogen-bond acceptors (Lipinski definition) is 6. The number of piperazine rings is 1. The summed E-state index contributed by atoms with van der Waals surface area (Å²) in [4.78, 5) is 26.7. The number of Topliss-reactive ketones (excluding diaryl/α,β-unsaturated/α-hetero) is 1. The average molecular weight is 441 g/mol. The molecule has 6 heteroatoms. The van der Waals surface area contributed by atoms with Crippen molar-refractivity contribution >= 4 is 23.5 Å². The summed E-state index contributed by atoms with van der Waals surface area (Å²) in [7, 11) is 1.69. The zero-order chi connectivity index (χ0) is 22.6. The summed E-state index contributed by atoms with van der Waals surface area (Å²) in [6.07, 6.45) is 7.25. The Morgan fingerprint density at radius 3 is 2.55 bits per heavy atom. The lowest BCUT2D eigenvalue weighted by Crippen LogP contribution is -2.47. The fraction of sp³-hybridized carbons (Fsp3) is 0.296. The molecule has 1 saturated heterocycles. The van der Waals surface area contributed by atoms with Crippen LogP contribution in [0.2, 0.25) is 0 Å². The Bertz CT molecular complexity index is 1150. The van der Waals surface area contributed by atoms with Crippen LogP contribution in [0.5, 0.6) is 5.75 Å². The van der Waals surface area contributed by atoms with Crippen LogP contribution in [-0.2, 0) is 6.42 Å². The van der Waals surface area contributed by atoms with Gasteiger partial charge in [-0.3, -0.25) is 4.79 Å². The van der Waals surface area contributed by atoms with Gasteiger partial charge in [0.15, 0.2) is 5.78 Å². The largest absolute Gasteiger partial charge is 0.497 e. The molecule has 0 spiro atoms. The summed E-state index contributed by atoms with van der Waals surface area (Å²) in [5.74, 6) is 1.89. The Hall–Kier alpha value is -3.67. The molecule has 6 nitrogen and oxygen atoms in total. The lowest BCUT2D eigenvalue weighted by molar-refractivity contribution is 0.0957. The van der Waals surface area contributed by atoms with Crippen LogP contribution in [0.1, 0.15) is 28.0 Å². The zero-order valence-corrected chi connectivity index (χ0v) is 18.9. The van der Waals surface area contributed by atoms with Gasteiger partial charge in [-0.05, 0) is 30.0 Å². The van der Waals surface area contributed by atoms with Crippen LogP contribution in [0.25, 0.3) is 6.08 Å². The zero-order valence-electron chi connectivity index (χ0n) is 18.9. The van der Waals surface area contributed by atoms with Gasteiger partial charge in [-0.1, -0.05) is 48.6 Å². The molecule has 2 aliphatic rings. The molecule has 5 rings (SSSR count). The van der Waals surface area contributed by atoms with Crippen molar-refractivity contribution in [3.63, 3.8) is 0 Å². The first kappa shape index (κ1) is 21.2. The third-order valence-electron chi connectivity index (χ3n) is 6.40. The van der Waals surface area contributed by atoms with E-state index >= 15 is 0 Å². The second kappa shape index (κ2) is 9.45. The Morgan fingerprint density at radius 1 is 0.970 bits per heavy atom. The molecule has 168 valence electrons. The molecule has 0 saturated carbocycles. The highest BCUT2D eigenvalue weighted by atomic mass is 16.5. The molecule has 1 aromatic heterocycles. The Labute approximate surface area is 194 Å². The van der Waals surface area contributed by atoms with Crippen molar-refractivity contribution in [2.45, 2.75) is 12.8 Å². The Kier molecular flexibility index (Phi) is 6.07. The molecule has 1 aliphatic heterocycles. The molecule has 2 heterocycles. The van der Waals surface area contributed by atoms with Crippen molar-refractivity contribution in [3.05, 3.63) is 83.7 Å². The van der Waals surface area contributed by atoms with Gasteiger partial charge in [0, 0.05) is 50.6 Å². The molecule has 0 N–H and O–H groups in total. The number of benzene rings is 2. The second-order valence-corrected chi connectivity index (χ2v) is 8.57. The number of nitrogens with zero attached hydrogens (tertiary/aromatic N) is 4. The number of fused-ring (bicyclic) bond motifs is 1. The third-order valence-corrected chi connectivity index (χ3v) is 6.40. The smallest absolute Gasteiger partial charge is 0.225 e. The van der Waals surface area contributed by atoms with E-state index in [0.29, 0.717) is 12.0 Å². The summed E-state index contributed by atoms with van der Waals surface area (Å²) in [6.45, 7) is 3.44. The van der Waals surface area contributed by atoms with Gasteiger partial charge in [0.1, 0.15) is 5.75 Å². The minimum Gasteiger partial charge on any atom is -0.497 e. The maximum absolute atomic E-state index is 12.7. The number of carbonyl (C=O) groups is 1. The third kappa shape index (κ3) is 4.75. The molecular formula is C27H28N4O2. The lowest BCUT2D eigenvalue weighted by Gasteiger charge is -2.36. The molecule has 0 radical (unpaired) electrons. The first-order valence-corrected chi connectivity index (χ1v) is 11.5. The van der Waals surface area contributed by atoms with Crippen LogP contribution in [0.15, 0.2) is 66.9 Å². The van der Waals surface area contributed by atoms with Crippen LogP contribution in [0, 0.1) is 5.92 Å². The Morgan fingerprint density at radius 2 is 1.76 bits per heavy atom. The molecule has 1 aliphatic carbocycles. The van der Waals surface area contributed by atoms with Crippen molar-refractivity contribution in [1.29, 1.82) is 0 Å². The molecular weight excluding hydrogens is 412 g/mol. The second-order valence-electron chi connectivity index (χ2n) is 8.57. The van der Waals surface area contributed by atoms with E-state index in [4.69, 9.17) is 9.72 Å². The van der Waals surface area contributed by atoms with E-state index in [1.54, 1.807) is 13.3 Å². The quantitative estimate of drug-likeness (QED) is 0.591. The van der Waals surface area contributed by atoms with Crippen LogP contribution in [-0.4, -0.2) is 49.0 Å². The lowest BCUT2D eigenvalue weighted by atomic mass is 9.86. The van der Waals surface area contributed by atoms with Crippen LogP contribution < -0.4 is 14.5 Å². The number of carbonyl (C=O) groups excluding carboxylic acids is 1. The van der Waals surface area contributed by atoms with E-state index in [-0.39, 0.29) is 11.7 Å². The van der Waals surface area contributed by atoms with Crippen molar-refractivity contribution < 1.29 is 9.53 Å². The van der Waals surface area contributed by atoms with Crippen molar-refractivity contribution in [1.82, 2.24) is 9.97 Å². The summed E-state index contributed by atoms with van der Waals surface area (Å²) >= 11 is 0. The molecule has 1 unspecified atom stereocenters. The molecule has 3 aromatic rings. The number of anilines is 2. The summed E-state index contributed by atoms with van der Waals surface area (Å²) in [5.41, 5.74) is 3.86. The van der Waals surface area contributed by atoms with Gasteiger partial charge < -0.3 is 14.5 Å². The molecule has 1 atom stereocenters. The van der Waals surface area contributed by atoms with E-state index in [1.165, 1.54) is 5.69 Å². The summed E-state index contributed by atoms with van der Waals surface area (Å²) < 4.78 is 5.36.